The van der Waals surface area contributed by atoms with Crippen molar-refractivity contribution in [2.75, 3.05) is 24.5 Å². The van der Waals surface area contributed by atoms with E-state index in [4.69, 9.17) is 4.74 Å². The van der Waals surface area contributed by atoms with Crippen molar-refractivity contribution in [3.05, 3.63) is 89.0 Å². The summed E-state index contributed by atoms with van der Waals surface area (Å²) in [5.41, 5.74) is 8.00. The van der Waals surface area contributed by atoms with Crippen LogP contribution in [0.1, 0.15) is 49.4 Å². The van der Waals surface area contributed by atoms with Gasteiger partial charge in [-0.1, -0.05) is 69.3 Å². The van der Waals surface area contributed by atoms with Gasteiger partial charge < -0.3 is 9.64 Å². The van der Waals surface area contributed by atoms with Crippen molar-refractivity contribution in [1.29, 1.82) is 0 Å². The van der Waals surface area contributed by atoms with Gasteiger partial charge in [-0.25, -0.2) is 0 Å². The van der Waals surface area contributed by atoms with Crippen molar-refractivity contribution in [1.82, 2.24) is 4.90 Å². The Kier molecular flexibility index (Phi) is 6.16. The normalized spacial score (nSPS) is 20.4. The quantitative estimate of drug-likeness (QED) is 0.412. The molecule has 2 heterocycles. The highest BCUT2D eigenvalue weighted by molar-refractivity contribution is 5.72. The van der Waals surface area contributed by atoms with E-state index in [1.54, 1.807) is 0 Å². The zero-order valence-corrected chi connectivity index (χ0v) is 21.3. The molecule has 0 N–H and O–H groups in total. The highest BCUT2D eigenvalue weighted by Gasteiger charge is 2.36. The number of likely N-dealkylation sites (tertiary alicyclic amines) is 1. The topological polar surface area (TPSA) is 15.7 Å². The molecule has 0 spiro atoms. The Morgan fingerprint density at radius 2 is 1.65 bits per heavy atom. The van der Waals surface area contributed by atoms with Gasteiger partial charge in [-0.2, -0.15) is 0 Å². The number of para-hydroxylation sites is 3. The Morgan fingerprint density at radius 1 is 0.912 bits per heavy atom. The minimum atomic E-state index is 0.0957. The first kappa shape index (κ1) is 23.0. The highest BCUT2D eigenvalue weighted by Crippen LogP contribution is 2.41. The SMILES string of the molecule is Cc1ccc(C(C)(C)CN2CC(C)CC2CN2c3ccccc3COc3ccccc32)cc1C. The second kappa shape index (κ2) is 9.11. The molecule has 5 rings (SSSR count). The van der Waals surface area contributed by atoms with Gasteiger partial charge in [0.25, 0.3) is 0 Å². The molecule has 1 saturated heterocycles. The summed E-state index contributed by atoms with van der Waals surface area (Å²) in [5.74, 6) is 1.68. The molecule has 0 aromatic heterocycles. The number of fused-ring (bicyclic) bond motifs is 2. The maximum absolute atomic E-state index is 6.22. The molecule has 2 unspecified atom stereocenters. The molecule has 3 nitrogen and oxygen atoms in total. The van der Waals surface area contributed by atoms with Gasteiger partial charge in [-0.05, 0) is 61.1 Å². The Labute approximate surface area is 205 Å². The number of hydrogen-bond donors (Lipinski definition) is 0. The predicted octanol–water partition coefficient (Wildman–Crippen LogP) is 7.02. The van der Waals surface area contributed by atoms with Crippen molar-refractivity contribution in [2.45, 2.75) is 59.1 Å². The van der Waals surface area contributed by atoms with Gasteiger partial charge >= 0.3 is 0 Å². The minimum absolute atomic E-state index is 0.0957. The van der Waals surface area contributed by atoms with Crippen LogP contribution in [0.25, 0.3) is 0 Å². The van der Waals surface area contributed by atoms with E-state index in [1.807, 2.05) is 0 Å². The summed E-state index contributed by atoms with van der Waals surface area (Å²) in [4.78, 5) is 5.26. The van der Waals surface area contributed by atoms with Gasteiger partial charge in [-0.15, -0.1) is 0 Å². The zero-order valence-electron chi connectivity index (χ0n) is 21.3. The number of rotatable bonds is 5. The number of benzene rings is 3. The lowest BCUT2D eigenvalue weighted by molar-refractivity contribution is 0.208. The molecule has 0 amide bonds. The Hall–Kier alpha value is -2.78. The van der Waals surface area contributed by atoms with Crippen molar-refractivity contribution in [3.8, 4) is 5.75 Å². The van der Waals surface area contributed by atoms with E-state index in [9.17, 15) is 0 Å². The van der Waals surface area contributed by atoms with E-state index >= 15 is 0 Å². The number of ether oxygens (including phenoxy) is 1. The van der Waals surface area contributed by atoms with E-state index in [0.29, 0.717) is 18.6 Å². The molecule has 3 heteroatoms. The van der Waals surface area contributed by atoms with Crippen LogP contribution in [-0.2, 0) is 12.0 Å². The van der Waals surface area contributed by atoms with Gasteiger partial charge in [0.15, 0.2) is 0 Å². The summed E-state index contributed by atoms with van der Waals surface area (Å²) in [5, 5.41) is 0. The number of nitrogens with zero attached hydrogens (tertiary/aromatic N) is 2. The second-order valence-electron chi connectivity index (χ2n) is 11.1. The Balaban J connectivity index is 1.44. The molecule has 3 aromatic rings. The standard InChI is InChI=1S/C31H38N2O/c1-22-16-27(32(18-22)21-31(4,5)26-15-14-23(2)24(3)17-26)19-33-28-11-7-6-10-25(28)20-34-30-13-9-8-12-29(30)33/h6-15,17,22,27H,16,18-21H2,1-5H3. The molecule has 178 valence electrons. The Bertz CT molecular complexity index is 1120. The zero-order chi connectivity index (χ0) is 23.9. The smallest absolute Gasteiger partial charge is 0.143 e. The van der Waals surface area contributed by atoms with Crippen LogP contribution in [0.4, 0.5) is 11.4 Å². The third-order valence-electron chi connectivity index (χ3n) is 7.84. The van der Waals surface area contributed by atoms with E-state index in [0.717, 1.165) is 25.4 Å². The Morgan fingerprint density at radius 3 is 2.44 bits per heavy atom. The molecule has 0 saturated carbocycles. The molecular weight excluding hydrogens is 416 g/mol. The van der Waals surface area contributed by atoms with Gasteiger partial charge in [0.05, 0.1) is 5.69 Å². The lowest BCUT2D eigenvalue weighted by atomic mass is 9.82. The van der Waals surface area contributed by atoms with Gasteiger partial charge in [-0.3, -0.25) is 4.90 Å². The summed E-state index contributed by atoms with van der Waals surface area (Å²) in [6.07, 6.45) is 1.23. The van der Waals surface area contributed by atoms with E-state index < -0.39 is 0 Å². The first-order chi connectivity index (χ1) is 16.3. The third kappa shape index (κ3) is 4.46. The lowest BCUT2D eigenvalue weighted by Crippen LogP contribution is -2.44. The average Bonchev–Trinajstić information content (AvgIpc) is 3.07. The molecule has 2 aliphatic heterocycles. The molecular formula is C31H38N2O. The van der Waals surface area contributed by atoms with Crippen molar-refractivity contribution < 1.29 is 4.74 Å². The maximum Gasteiger partial charge on any atom is 0.143 e. The largest absolute Gasteiger partial charge is 0.487 e. The van der Waals surface area contributed by atoms with Crippen LogP contribution in [0.5, 0.6) is 5.75 Å². The first-order valence-electron chi connectivity index (χ1n) is 12.7. The van der Waals surface area contributed by atoms with Crippen LogP contribution in [0.15, 0.2) is 66.7 Å². The first-order valence-corrected chi connectivity index (χ1v) is 12.7. The van der Waals surface area contributed by atoms with Crippen LogP contribution in [0.3, 0.4) is 0 Å². The molecule has 0 aliphatic carbocycles. The average molecular weight is 455 g/mol. The van der Waals surface area contributed by atoms with Gasteiger partial charge in [0, 0.05) is 42.3 Å². The fraction of sp³-hybridized carbons (Fsp3) is 0.419. The molecule has 3 aromatic carbocycles. The fourth-order valence-corrected chi connectivity index (χ4v) is 5.77. The fourth-order valence-electron chi connectivity index (χ4n) is 5.77. The van der Waals surface area contributed by atoms with Crippen LogP contribution >= 0.6 is 0 Å². The lowest BCUT2D eigenvalue weighted by Gasteiger charge is -2.37. The predicted molar refractivity (Wildman–Crippen MR) is 142 cm³/mol. The van der Waals surface area contributed by atoms with Crippen molar-refractivity contribution in [2.24, 2.45) is 5.92 Å². The van der Waals surface area contributed by atoms with Crippen LogP contribution in [0.2, 0.25) is 0 Å². The number of hydrogen-bond acceptors (Lipinski definition) is 3. The molecule has 2 atom stereocenters. The molecule has 34 heavy (non-hydrogen) atoms. The maximum atomic E-state index is 6.22. The summed E-state index contributed by atoms with van der Waals surface area (Å²) in [6, 6.07) is 24.7. The van der Waals surface area contributed by atoms with Crippen LogP contribution in [0, 0.1) is 19.8 Å². The summed E-state index contributed by atoms with van der Waals surface area (Å²) in [6.45, 7) is 15.5. The third-order valence-corrected chi connectivity index (χ3v) is 7.84. The van der Waals surface area contributed by atoms with Gasteiger partial charge in [0.1, 0.15) is 12.4 Å². The number of aryl methyl sites for hydroxylation is 2. The molecule has 1 fully saturated rings. The van der Waals surface area contributed by atoms with Crippen molar-refractivity contribution >= 4 is 11.4 Å². The van der Waals surface area contributed by atoms with Crippen molar-refractivity contribution in [3.63, 3.8) is 0 Å². The highest BCUT2D eigenvalue weighted by atomic mass is 16.5. The molecule has 2 aliphatic rings. The monoisotopic (exact) mass is 454 g/mol. The molecule has 0 bridgehead atoms. The summed E-state index contributed by atoms with van der Waals surface area (Å²) < 4.78 is 6.22. The van der Waals surface area contributed by atoms with E-state index in [2.05, 4.69) is 111 Å². The number of anilines is 2. The van der Waals surface area contributed by atoms with E-state index in [-0.39, 0.29) is 5.41 Å². The van der Waals surface area contributed by atoms with E-state index in [1.165, 1.54) is 40.0 Å². The van der Waals surface area contributed by atoms with Crippen LogP contribution in [-0.4, -0.2) is 30.6 Å². The summed E-state index contributed by atoms with van der Waals surface area (Å²) in [7, 11) is 0. The second-order valence-corrected chi connectivity index (χ2v) is 11.1. The summed E-state index contributed by atoms with van der Waals surface area (Å²) >= 11 is 0. The van der Waals surface area contributed by atoms with Gasteiger partial charge in [0.2, 0.25) is 0 Å². The molecule has 0 radical (unpaired) electrons. The van der Waals surface area contributed by atoms with Crippen LogP contribution < -0.4 is 9.64 Å². The minimum Gasteiger partial charge on any atom is -0.487 e.